The van der Waals surface area contributed by atoms with Crippen LogP contribution < -0.4 is 11.1 Å². The number of nitrogens with one attached hydrogen (secondary N) is 1. The van der Waals surface area contributed by atoms with Gasteiger partial charge in [-0.1, -0.05) is 39.0 Å². The Bertz CT molecular complexity index is 284. The van der Waals surface area contributed by atoms with E-state index in [1.54, 1.807) is 0 Å². The lowest BCUT2D eigenvalue weighted by atomic mass is 9.78. The molecule has 2 rings (SSSR count). The van der Waals surface area contributed by atoms with Gasteiger partial charge in [0.1, 0.15) is 0 Å². The fraction of sp³-hybridized carbons (Fsp3) is 0.938. The molecule has 3 atom stereocenters. The van der Waals surface area contributed by atoms with Crippen molar-refractivity contribution in [2.45, 2.75) is 83.2 Å². The quantitative estimate of drug-likeness (QED) is 0.772. The number of amides is 1. The molecule has 3 heteroatoms. The number of rotatable bonds is 3. The van der Waals surface area contributed by atoms with Crippen LogP contribution in [-0.2, 0) is 4.79 Å². The highest BCUT2D eigenvalue weighted by molar-refractivity contribution is 5.78. The van der Waals surface area contributed by atoms with Gasteiger partial charge in [0.2, 0.25) is 5.91 Å². The molecule has 2 fully saturated rings. The van der Waals surface area contributed by atoms with E-state index < -0.39 is 0 Å². The van der Waals surface area contributed by atoms with Gasteiger partial charge in [0.05, 0.1) is 0 Å². The minimum absolute atomic E-state index is 0.134. The van der Waals surface area contributed by atoms with Crippen molar-refractivity contribution in [3.63, 3.8) is 0 Å². The minimum atomic E-state index is 0.134. The van der Waals surface area contributed by atoms with Crippen molar-refractivity contribution in [2.24, 2.45) is 17.6 Å². The van der Waals surface area contributed by atoms with Gasteiger partial charge in [-0.3, -0.25) is 4.79 Å². The zero-order valence-corrected chi connectivity index (χ0v) is 12.4. The molecule has 3 unspecified atom stereocenters. The summed E-state index contributed by atoms with van der Waals surface area (Å²) in [6.07, 6.45) is 12.1. The molecule has 2 aliphatic carbocycles. The maximum Gasteiger partial charge on any atom is 0.223 e. The van der Waals surface area contributed by atoms with Crippen LogP contribution in [0.25, 0.3) is 0 Å². The SMILES string of the molecule is CC(C(=O)NC1CCCCCC1)C1CCCC(N)C1. The normalized spacial score (nSPS) is 31.5. The summed E-state index contributed by atoms with van der Waals surface area (Å²) in [6.45, 7) is 2.09. The molecule has 0 radical (unpaired) electrons. The average molecular weight is 266 g/mol. The molecular weight excluding hydrogens is 236 g/mol. The molecule has 0 heterocycles. The molecule has 0 aromatic carbocycles. The maximum atomic E-state index is 12.4. The molecule has 3 nitrogen and oxygen atoms in total. The molecule has 0 saturated heterocycles. The predicted molar refractivity (Wildman–Crippen MR) is 78.7 cm³/mol. The third-order valence-electron chi connectivity index (χ3n) is 5.08. The van der Waals surface area contributed by atoms with Gasteiger partial charge < -0.3 is 11.1 Å². The fourth-order valence-electron chi connectivity index (χ4n) is 3.69. The molecule has 0 aliphatic heterocycles. The molecule has 110 valence electrons. The van der Waals surface area contributed by atoms with Crippen molar-refractivity contribution < 1.29 is 4.79 Å². The first-order valence-electron chi connectivity index (χ1n) is 8.22. The topological polar surface area (TPSA) is 55.1 Å². The number of carbonyl (C=O) groups is 1. The van der Waals surface area contributed by atoms with Crippen LogP contribution in [0.2, 0.25) is 0 Å². The van der Waals surface area contributed by atoms with Crippen molar-refractivity contribution in [2.75, 3.05) is 0 Å². The van der Waals surface area contributed by atoms with Gasteiger partial charge in [-0.2, -0.15) is 0 Å². The molecule has 0 spiro atoms. The van der Waals surface area contributed by atoms with Gasteiger partial charge in [-0.05, 0) is 38.0 Å². The summed E-state index contributed by atoms with van der Waals surface area (Å²) in [5.41, 5.74) is 6.04. The number of hydrogen-bond donors (Lipinski definition) is 2. The average Bonchev–Trinajstić information content (AvgIpc) is 2.66. The monoisotopic (exact) mass is 266 g/mol. The van der Waals surface area contributed by atoms with E-state index in [1.165, 1.54) is 51.4 Å². The first-order chi connectivity index (χ1) is 9.16. The van der Waals surface area contributed by atoms with E-state index in [9.17, 15) is 4.79 Å². The first-order valence-corrected chi connectivity index (χ1v) is 8.22. The highest BCUT2D eigenvalue weighted by Crippen LogP contribution is 2.30. The van der Waals surface area contributed by atoms with Crippen LogP contribution >= 0.6 is 0 Å². The Hall–Kier alpha value is -0.570. The molecule has 19 heavy (non-hydrogen) atoms. The molecular formula is C16H30N2O. The molecule has 0 aromatic heterocycles. The van der Waals surface area contributed by atoms with Crippen LogP contribution in [0.4, 0.5) is 0 Å². The Labute approximate surface area is 117 Å². The summed E-state index contributed by atoms with van der Waals surface area (Å²) in [7, 11) is 0. The Kier molecular flexibility index (Phi) is 5.68. The van der Waals surface area contributed by atoms with Crippen LogP contribution in [0.1, 0.15) is 71.1 Å². The Morgan fingerprint density at radius 1 is 1.05 bits per heavy atom. The van der Waals surface area contributed by atoms with Crippen LogP contribution in [0.15, 0.2) is 0 Å². The van der Waals surface area contributed by atoms with Crippen LogP contribution in [0.5, 0.6) is 0 Å². The zero-order valence-electron chi connectivity index (χ0n) is 12.4. The minimum Gasteiger partial charge on any atom is -0.353 e. The lowest BCUT2D eigenvalue weighted by molar-refractivity contribution is -0.127. The standard InChI is InChI=1S/C16H30N2O/c1-12(13-7-6-8-14(17)11-13)16(19)18-15-9-4-2-3-5-10-15/h12-15H,2-11,17H2,1H3,(H,18,19). The van der Waals surface area contributed by atoms with Crippen molar-refractivity contribution in [1.82, 2.24) is 5.32 Å². The van der Waals surface area contributed by atoms with Gasteiger partial charge in [0, 0.05) is 18.0 Å². The third-order valence-corrected chi connectivity index (χ3v) is 5.08. The highest BCUT2D eigenvalue weighted by atomic mass is 16.1. The van der Waals surface area contributed by atoms with Crippen molar-refractivity contribution >= 4 is 5.91 Å². The van der Waals surface area contributed by atoms with Gasteiger partial charge in [0.15, 0.2) is 0 Å². The summed E-state index contributed by atoms with van der Waals surface area (Å²) in [4.78, 5) is 12.4. The highest BCUT2D eigenvalue weighted by Gasteiger charge is 2.29. The third kappa shape index (κ3) is 4.48. The second-order valence-electron chi connectivity index (χ2n) is 6.67. The summed E-state index contributed by atoms with van der Waals surface area (Å²) in [6, 6.07) is 0.738. The van der Waals surface area contributed by atoms with Gasteiger partial charge >= 0.3 is 0 Å². The lowest BCUT2D eigenvalue weighted by Gasteiger charge is -2.31. The molecule has 3 N–H and O–H groups in total. The zero-order chi connectivity index (χ0) is 13.7. The van der Waals surface area contributed by atoms with E-state index in [2.05, 4.69) is 12.2 Å². The van der Waals surface area contributed by atoms with Crippen molar-refractivity contribution in [3.8, 4) is 0 Å². The molecule has 0 aromatic rings. The van der Waals surface area contributed by atoms with Crippen molar-refractivity contribution in [1.29, 1.82) is 0 Å². The smallest absolute Gasteiger partial charge is 0.223 e. The fourth-order valence-corrected chi connectivity index (χ4v) is 3.69. The van der Waals surface area contributed by atoms with E-state index >= 15 is 0 Å². The Morgan fingerprint density at radius 2 is 1.74 bits per heavy atom. The van der Waals surface area contributed by atoms with Crippen LogP contribution in [0.3, 0.4) is 0 Å². The summed E-state index contributed by atoms with van der Waals surface area (Å²) in [5, 5.41) is 3.29. The maximum absolute atomic E-state index is 12.4. The van der Waals surface area contributed by atoms with E-state index in [0.717, 1.165) is 12.8 Å². The molecule has 2 saturated carbocycles. The number of carbonyl (C=O) groups excluding carboxylic acids is 1. The summed E-state index contributed by atoms with van der Waals surface area (Å²) in [5.74, 6) is 0.898. The Balaban J connectivity index is 1.80. The lowest BCUT2D eigenvalue weighted by Crippen LogP contribution is -2.42. The first kappa shape index (κ1) is 14.8. The summed E-state index contributed by atoms with van der Waals surface area (Å²) < 4.78 is 0. The van der Waals surface area contributed by atoms with E-state index in [1.807, 2.05) is 0 Å². The number of hydrogen-bond acceptors (Lipinski definition) is 2. The second kappa shape index (κ2) is 7.28. The molecule has 0 bridgehead atoms. The van der Waals surface area contributed by atoms with Crippen molar-refractivity contribution in [3.05, 3.63) is 0 Å². The second-order valence-corrected chi connectivity index (χ2v) is 6.67. The Morgan fingerprint density at radius 3 is 2.37 bits per heavy atom. The molecule has 1 amide bonds. The number of nitrogens with two attached hydrogens (primary N) is 1. The van der Waals surface area contributed by atoms with Gasteiger partial charge in [-0.25, -0.2) is 0 Å². The summed E-state index contributed by atoms with van der Waals surface area (Å²) >= 11 is 0. The van der Waals surface area contributed by atoms with E-state index in [-0.39, 0.29) is 11.8 Å². The molecule has 2 aliphatic rings. The van der Waals surface area contributed by atoms with Crippen LogP contribution in [0, 0.1) is 11.8 Å². The largest absolute Gasteiger partial charge is 0.353 e. The predicted octanol–water partition coefficient (Wildman–Crippen LogP) is 2.98. The van der Waals surface area contributed by atoms with E-state index in [4.69, 9.17) is 5.73 Å². The van der Waals surface area contributed by atoms with Crippen LogP contribution in [-0.4, -0.2) is 18.0 Å². The van der Waals surface area contributed by atoms with Gasteiger partial charge in [0.25, 0.3) is 0 Å². The van der Waals surface area contributed by atoms with E-state index in [0.29, 0.717) is 18.0 Å². The van der Waals surface area contributed by atoms with Gasteiger partial charge in [-0.15, -0.1) is 0 Å².